The maximum absolute atomic E-state index is 13.7. The van der Waals surface area contributed by atoms with Crippen LogP contribution in [0.4, 0.5) is 10.1 Å². The fourth-order valence-electron chi connectivity index (χ4n) is 2.79. The SMILES string of the molecule is Cc1ccc2nc(-c3ccc(NS(=O)(=O)c4ccc(C)c(F)c4)cc3)sc2c1. The van der Waals surface area contributed by atoms with Crippen LogP contribution in [0.3, 0.4) is 0 Å². The zero-order valence-electron chi connectivity index (χ0n) is 15.2. The summed E-state index contributed by atoms with van der Waals surface area (Å²) < 4.78 is 42.3. The molecule has 0 radical (unpaired) electrons. The van der Waals surface area contributed by atoms with Gasteiger partial charge in [0.1, 0.15) is 10.8 Å². The van der Waals surface area contributed by atoms with Crippen molar-refractivity contribution in [2.75, 3.05) is 4.72 Å². The van der Waals surface area contributed by atoms with Gasteiger partial charge in [-0.1, -0.05) is 12.1 Å². The van der Waals surface area contributed by atoms with Crippen LogP contribution in [-0.2, 0) is 10.0 Å². The monoisotopic (exact) mass is 412 g/mol. The predicted octanol–water partition coefficient (Wildman–Crippen LogP) is 5.52. The minimum atomic E-state index is -3.86. The molecule has 4 rings (SSSR count). The molecule has 0 aliphatic rings. The minimum Gasteiger partial charge on any atom is -0.280 e. The Morgan fingerprint density at radius 3 is 2.43 bits per heavy atom. The van der Waals surface area contributed by atoms with Crippen molar-refractivity contribution in [3.05, 3.63) is 77.6 Å². The van der Waals surface area contributed by atoms with E-state index in [0.717, 1.165) is 26.9 Å². The van der Waals surface area contributed by atoms with Crippen LogP contribution < -0.4 is 4.72 Å². The molecule has 0 amide bonds. The quantitative estimate of drug-likeness (QED) is 0.480. The molecule has 0 aliphatic heterocycles. The van der Waals surface area contributed by atoms with Crippen LogP contribution in [0.5, 0.6) is 0 Å². The maximum atomic E-state index is 13.7. The van der Waals surface area contributed by atoms with Gasteiger partial charge < -0.3 is 0 Å². The Labute approximate surface area is 166 Å². The molecule has 0 bridgehead atoms. The van der Waals surface area contributed by atoms with Crippen molar-refractivity contribution < 1.29 is 12.8 Å². The molecule has 4 nitrogen and oxygen atoms in total. The van der Waals surface area contributed by atoms with Crippen LogP contribution in [0.15, 0.2) is 65.6 Å². The van der Waals surface area contributed by atoms with E-state index in [-0.39, 0.29) is 4.90 Å². The number of hydrogen-bond donors (Lipinski definition) is 1. The molecule has 1 aromatic heterocycles. The first-order chi connectivity index (χ1) is 13.3. The second-order valence-electron chi connectivity index (χ2n) is 6.58. The third-order valence-corrected chi connectivity index (χ3v) is 6.83. The fraction of sp³-hybridized carbons (Fsp3) is 0.0952. The first kappa shape index (κ1) is 18.6. The van der Waals surface area contributed by atoms with Gasteiger partial charge in [-0.25, -0.2) is 17.8 Å². The predicted molar refractivity (Wildman–Crippen MR) is 112 cm³/mol. The van der Waals surface area contributed by atoms with Crippen LogP contribution in [0.25, 0.3) is 20.8 Å². The number of aryl methyl sites for hydroxylation is 2. The van der Waals surface area contributed by atoms with E-state index in [2.05, 4.69) is 15.8 Å². The van der Waals surface area contributed by atoms with Gasteiger partial charge >= 0.3 is 0 Å². The van der Waals surface area contributed by atoms with Crippen molar-refractivity contribution in [1.82, 2.24) is 4.98 Å². The fourth-order valence-corrected chi connectivity index (χ4v) is 4.93. The van der Waals surface area contributed by atoms with Gasteiger partial charge in [0.15, 0.2) is 0 Å². The summed E-state index contributed by atoms with van der Waals surface area (Å²) >= 11 is 1.59. The van der Waals surface area contributed by atoms with Gasteiger partial charge in [-0.15, -0.1) is 11.3 Å². The summed E-state index contributed by atoms with van der Waals surface area (Å²) in [5.41, 5.74) is 3.83. The molecular weight excluding hydrogens is 395 g/mol. The number of benzene rings is 3. The number of hydrogen-bond acceptors (Lipinski definition) is 4. The molecular formula is C21H17FN2O2S2. The van der Waals surface area contributed by atoms with Crippen molar-refractivity contribution in [2.24, 2.45) is 0 Å². The van der Waals surface area contributed by atoms with Gasteiger partial charge in [0.2, 0.25) is 0 Å². The average Bonchev–Trinajstić information content (AvgIpc) is 3.07. The summed E-state index contributed by atoms with van der Waals surface area (Å²) in [5, 5.41) is 0.871. The molecule has 1 N–H and O–H groups in total. The van der Waals surface area contributed by atoms with E-state index in [1.807, 2.05) is 31.2 Å². The number of rotatable bonds is 4. The highest BCUT2D eigenvalue weighted by molar-refractivity contribution is 7.92. The Hall–Kier alpha value is -2.77. The van der Waals surface area contributed by atoms with E-state index >= 15 is 0 Å². The summed E-state index contributed by atoms with van der Waals surface area (Å²) in [4.78, 5) is 4.52. The van der Waals surface area contributed by atoms with Gasteiger partial charge in [-0.2, -0.15) is 0 Å². The molecule has 0 saturated carbocycles. The van der Waals surface area contributed by atoms with E-state index in [9.17, 15) is 12.8 Å². The molecule has 0 aliphatic carbocycles. The third-order valence-electron chi connectivity index (χ3n) is 4.38. The molecule has 0 fully saturated rings. The van der Waals surface area contributed by atoms with Crippen LogP contribution in [-0.4, -0.2) is 13.4 Å². The molecule has 0 saturated heterocycles. The number of thiazole rings is 1. The van der Waals surface area contributed by atoms with Crippen molar-refractivity contribution in [3.63, 3.8) is 0 Å². The van der Waals surface area contributed by atoms with Crippen molar-refractivity contribution in [1.29, 1.82) is 0 Å². The number of nitrogens with one attached hydrogen (secondary N) is 1. The molecule has 0 unspecified atom stereocenters. The standard InChI is InChI=1S/C21H17FN2O2S2/c1-13-3-10-19-20(11-13)27-21(23-19)15-5-7-16(8-6-15)24-28(25,26)17-9-4-14(2)18(22)12-17/h3-12,24H,1-2H3. The van der Waals surface area contributed by atoms with E-state index in [1.54, 1.807) is 30.4 Å². The molecule has 28 heavy (non-hydrogen) atoms. The van der Waals surface area contributed by atoms with E-state index in [0.29, 0.717) is 11.3 Å². The van der Waals surface area contributed by atoms with Crippen LogP contribution in [0.2, 0.25) is 0 Å². The molecule has 1 heterocycles. The van der Waals surface area contributed by atoms with E-state index in [1.165, 1.54) is 17.7 Å². The number of sulfonamides is 1. The zero-order chi connectivity index (χ0) is 19.9. The molecule has 0 spiro atoms. The lowest BCUT2D eigenvalue weighted by molar-refractivity contribution is 0.593. The zero-order valence-corrected chi connectivity index (χ0v) is 16.9. The first-order valence-corrected chi connectivity index (χ1v) is 10.9. The highest BCUT2D eigenvalue weighted by atomic mass is 32.2. The highest BCUT2D eigenvalue weighted by Crippen LogP contribution is 2.31. The Kier molecular flexibility index (Phi) is 4.64. The summed E-state index contributed by atoms with van der Waals surface area (Å²) in [5.74, 6) is -0.552. The number of anilines is 1. The summed E-state index contributed by atoms with van der Waals surface area (Å²) in [6.45, 7) is 3.63. The molecule has 3 aromatic carbocycles. The molecule has 0 atom stereocenters. The van der Waals surface area contributed by atoms with E-state index in [4.69, 9.17) is 0 Å². The number of fused-ring (bicyclic) bond motifs is 1. The first-order valence-electron chi connectivity index (χ1n) is 8.58. The van der Waals surface area contributed by atoms with Crippen molar-refractivity contribution >= 4 is 37.3 Å². The molecule has 142 valence electrons. The highest BCUT2D eigenvalue weighted by Gasteiger charge is 2.16. The third kappa shape index (κ3) is 3.63. The van der Waals surface area contributed by atoms with Crippen LogP contribution in [0.1, 0.15) is 11.1 Å². The molecule has 7 heteroatoms. The van der Waals surface area contributed by atoms with Gasteiger partial charge in [-0.3, -0.25) is 4.72 Å². The topological polar surface area (TPSA) is 59.1 Å². The number of aromatic nitrogens is 1. The second kappa shape index (κ2) is 7.00. The second-order valence-corrected chi connectivity index (χ2v) is 9.30. The number of nitrogens with zero attached hydrogens (tertiary/aromatic N) is 1. The Bertz CT molecular complexity index is 1280. The average molecular weight is 413 g/mol. The normalized spacial score (nSPS) is 11.7. The summed E-state index contributed by atoms with van der Waals surface area (Å²) in [6, 6.07) is 17.0. The van der Waals surface area contributed by atoms with Gasteiger partial charge in [0, 0.05) is 11.3 Å². The lowest BCUT2D eigenvalue weighted by atomic mass is 10.2. The smallest absolute Gasteiger partial charge is 0.261 e. The lowest BCUT2D eigenvalue weighted by Crippen LogP contribution is -2.13. The van der Waals surface area contributed by atoms with Gasteiger partial charge in [0.05, 0.1) is 15.1 Å². The Balaban J connectivity index is 1.59. The van der Waals surface area contributed by atoms with Gasteiger partial charge in [0.25, 0.3) is 10.0 Å². The van der Waals surface area contributed by atoms with E-state index < -0.39 is 15.8 Å². The summed E-state index contributed by atoms with van der Waals surface area (Å²) in [7, 11) is -3.86. The largest absolute Gasteiger partial charge is 0.280 e. The number of halogens is 1. The maximum Gasteiger partial charge on any atom is 0.261 e. The Morgan fingerprint density at radius 2 is 1.71 bits per heavy atom. The van der Waals surface area contributed by atoms with Crippen LogP contribution >= 0.6 is 11.3 Å². The summed E-state index contributed by atoms with van der Waals surface area (Å²) in [6.07, 6.45) is 0. The van der Waals surface area contributed by atoms with Gasteiger partial charge in [-0.05, 0) is 73.5 Å². The minimum absolute atomic E-state index is 0.110. The van der Waals surface area contributed by atoms with Crippen LogP contribution in [0, 0.1) is 19.7 Å². The molecule has 4 aromatic rings. The van der Waals surface area contributed by atoms with Crippen molar-refractivity contribution in [3.8, 4) is 10.6 Å². The lowest BCUT2D eigenvalue weighted by Gasteiger charge is -2.09. The van der Waals surface area contributed by atoms with Crippen molar-refractivity contribution in [2.45, 2.75) is 18.7 Å². The Morgan fingerprint density at radius 1 is 0.964 bits per heavy atom.